The molecule has 1 heterocycles. The lowest BCUT2D eigenvalue weighted by Gasteiger charge is -1.99. The van der Waals surface area contributed by atoms with Crippen LogP contribution in [0.2, 0.25) is 0 Å². The lowest BCUT2D eigenvalue weighted by Crippen LogP contribution is -1.82. The molecule has 0 radical (unpaired) electrons. The molecule has 1 aromatic carbocycles. The second kappa shape index (κ2) is 5.78. The summed E-state index contributed by atoms with van der Waals surface area (Å²) in [4.78, 5) is 14.0. The molecule has 94 valence electrons. The zero-order chi connectivity index (χ0) is 13.0. The van der Waals surface area contributed by atoms with Gasteiger partial charge in [0, 0.05) is 29.8 Å². The number of carbonyl (C=O) groups is 1. The number of carbonyl (C=O) groups excluding carboxylic acids is 1. The fourth-order valence-electron chi connectivity index (χ4n) is 1.73. The maximum absolute atomic E-state index is 10.8. The number of aromatic nitrogens is 1. The Morgan fingerprint density at radius 1 is 1.50 bits per heavy atom. The highest BCUT2D eigenvalue weighted by Gasteiger charge is 2.02. The fraction of sp³-hybridized carbons (Fsp3) is 0.214. The second-order valence-corrected chi connectivity index (χ2v) is 5.06. The molecule has 18 heavy (non-hydrogen) atoms. The van der Waals surface area contributed by atoms with Gasteiger partial charge in [0.15, 0.2) is 5.12 Å². The molecule has 0 amide bonds. The summed E-state index contributed by atoms with van der Waals surface area (Å²) in [5.74, 6) is 1.54. The van der Waals surface area contributed by atoms with E-state index >= 15 is 0 Å². The average Bonchev–Trinajstić information content (AvgIpc) is 2.76. The molecule has 2 rings (SSSR count). The highest BCUT2D eigenvalue weighted by atomic mass is 32.2. The number of methoxy groups -OCH3 is 1. The number of hydrogen-bond donors (Lipinski definition) is 1. The zero-order valence-corrected chi connectivity index (χ0v) is 11.2. The molecule has 0 aliphatic rings. The van der Waals surface area contributed by atoms with Gasteiger partial charge in [-0.05, 0) is 23.8 Å². The van der Waals surface area contributed by atoms with E-state index < -0.39 is 0 Å². The molecule has 0 fully saturated rings. The van der Waals surface area contributed by atoms with Gasteiger partial charge in [0.1, 0.15) is 5.75 Å². The molecular formula is C14H15NO2S. The van der Waals surface area contributed by atoms with Crippen LogP contribution in [0.25, 0.3) is 17.0 Å². The van der Waals surface area contributed by atoms with Crippen LogP contribution in [-0.4, -0.2) is 23.0 Å². The van der Waals surface area contributed by atoms with Gasteiger partial charge < -0.3 is 9.72 Å². The van der Waals surface area contributed by atoms with Gasteiger partial charge in [-0.3, -0.25) is 4.79 Å². The highest BCUT2D eigenvalue weighted by Crippen LogP contribution is 2.24. The fourth-order valence-corrected chi connectivity index (χ4v) is 2.15. The van der Waals surface area contributed by atoms with Crippen molar-refractivity contribution in [1.29, 1.82) is 0 Å². The van der Waals surface area contributed by atoms with Crippen molar-refractivity contribution in [2.75, 3.05) is 12.9 Å². The quantitative estimate of drug-likeness (QED) is 0.916. The van der Waals surface area contributed by atoms with Crippen molar-refractivity contribution in [2.24, 2.45) is 0 Å². The molecule has 1 N–H and O–H groups in total. The predicted molar refractivity (Wildman–Crippen MR) is 77.0 cm³/mol. The standard InChI is InChI=1S/C14H15NO2S/c1-10(16)18-7-3-4-11-9-15-14-6-5-12(17-2)8-13(11)14/h3-6,8-9,15H,7H2,1-2H3. The van der Waals surface area contributed by atoms with Gasteiger partial charge >= 0.3 is 0 Å². The van der Waals surface area contributed by atoms with E-state index in [1.54, 1.807) is 14.0 Å². The van der Waals surface area contributed by atoms with E-state index in [4.69, 9.17) is 4.74 Å². The van der Waals surface area contributed by atoms with Crippen molar-refractivity contribution in [3.05, 3.63) is 36.0 Å². The van der Waals surface area contributed by atoms with Crippen molar-refractivity contribution >= 4 is 33.9 Å². The Kier molecular flexibility index (Phi) is 4.10. The first-order valence-corrected chi connectivity index (χ1v) is 6.64. The van der Waals surface area contributed by atoms with Crippen LogP contribution < -0.4 is 4.74 Å². The van der Waals surface area contributed by atoms with Crippen LogP contribution >= 0.6 is 11.8 Å². The number of fused-ring (bicyclic) bond motifs is 1. The Morgan fingerprint density at radius 2 is 2.33 bits per heavy atom. The third-order valence-electron chi connectivity index (χ3n) is 2.60. The monoisotopic (exact) mass is 261 g/mol. The van der Waals surface area contributed by atoms with Crippen molar-refractivity contribution < 1.29 is 9.53 Å². The molecule has 1 aromatic heterocycles. The first-order valence-electron chi connectivity index (χ1n) is 5.65. The molecule has 0 saturated heterocycles. The van der Waals surface area contributed by atoms with E-state index in [0.29, 0.717) is 5.75 Å². The SMILES string of the molecule is COc1ccc2[nH]cc(C=CCSC(C)=O)c2c1. The van der Waals surface area contributed by atoms with Crippen molar-refractivity contribution in [1.82, 2.24) is 4.98 Å². The Hall–Kier alpha value is -1.68. The number of H-pyrrole nitrogens is 1. The number of ether oxygens (including phenoxy) is 1. The Labute approximate surface area is 110 Å². The zero-order valence-electron chi connectivity index (χ0n) is 10.4. The minimum Gasteiger partial charge on any atom is -0.497 e. The molecule has 2 aromatic rings. The third-order valence-corrected chi connectivity index (χ3v) is 3.37. The number of nitrogens with one attached hydrogen (secondary N) is 1. The minimum atomic E-state index is 0.139. The molecule has 0 aliphatic heterocycles. The Morgan fingerprint density at radius 3 is 3.06 bits per heavy atom. The molecular weight excluding hydrogens is 246 g/mol. The molecule has 0 spiro atoms. The second-order valence-electron chi connectivity index (χ2n) is 3.86. The van der Waals surface area contributed by atoms with Crippen molar-refractivity contribution in [2.45, 2.75) is 6.92 Å². The Balaban J connectivity index is 2.20. The summed E-state index contributed by atoms with van der Waals surface area (Å²) < 4.78 is 5.22. The molecule has 0 aliphatic carbocycles. The van der Waals surface area contributed by atoms with Crippen LogP contribution in [0.5, 0.6) is 5.75 Å². The van der Waals surface area contributed by atoms with Gasteiger partial charge in [-0.1, -0.05) is 23.9 Å². The van der Waals surface area contributed by atoms with E-state index in [-0.39, 0.29) is 5.12 Å². The lowest BCUT2D eigenvalue weighted by atomic mass is 10.1. The number of benzene rings is 1. The van der Waals surface area contributed by atoms with Crippen LogP contribution in [0.1, 0.15) is 12.5 Å². The van der Waals surface area contributed by atoms with Gasteiger partial charge in [-0.15, -0.1) is 0 Å². The number of rotatable bonds is 4. The number of hydrogen-bond acceptors (Lipinski definition) is 3. The first kappa shape index (κ1) is 12.8. The summed E-state index contributed by atoms with van der Waals surface area (Å²) in [5.41, 5.74) is 2.18. The maximum Gasteiger partial charge on any atom is 0.186 e. The predicted octanol–water partition coefficient (Wildman–Crippen LogP) is 3.47. The normalized spacial score (nSPS) is 11.2. The van der Waals surface area contributed by atoms with E-state index in [1.165, 1.54) is 11.8 Å². The molecule has 0 saturated carbocycles. The molecule has 0 bridgehead atoms. The lowest BCUT2D eigenvalue weighted by molar-refractivity contribution is -0.109. The van der Waals surface area contributed by atoms with E-state index in [9.17, 15) is 4.79 Å². The van der Waals surface area contributed by atoms with Gasteiger partial charge in [0.2, 0.25) is 0 Å². The summed E-state index contributed by atoms with van der Waals surface area (Å²) >= 11 is 1.31. The molecule has 0 unspecified atom stereocenters. The summed E-state index contributed by atoms with van der Waals surface area (Å²) in [5, 5.41) is 1.26. The van der Waals surface area contributed by atoms with Gasteiger partial charge in [0.25, 0.3) is 0 Å². The van der Waals surface area contributed by atoms with E-state index in [0.717, 1.165) is 22.2 Å². The van der Waals surface area contributed by atoms with Crippen molar-refractivity contribution in [3.8, 4) is 5.75 Å². The van der Waals surface area contributed by atoms with E-state index in [2.05, 4.69) is 4.98 Å². The van der Waals surface area contributed by atoms with Gasteiger partial charge in [-0.2, -0.15) is 0 Å². The molecule has 3 nitrogen and oxygen atoms in total. The maximum atomic E-state index is 10.8. The van der Waals surface area contributed by atoms with Crippen LogP contribution in [0.4, 0.5) is 0 Å². The van der Waals surface area contributed by atoms with E-state index in [1.807, 2.05) is 36.5 Å². The smallest absolute Gasteiger partial charge is 0.186 e. The minimum absolute atomic E-state index is 0.139. The topological polar surface area (TPSA) is 42.1 Å². The summed E-state index contributed by atoms with van der Waals surface area (Å²) in [6, 6.07) is 5.93. The third kappa shape index (κ3) is 2.96. The largest absolute Gasteiger partial charge is 0.497 e. The highest BCUT2D eigenvalue weighted by molar-refractivity contribution is 8.13. The van der Waals surface area contributed by atoms with Crippen LogP contribution in [0, 0.1) is 0 Å². The first-order chi connectivity index (χ1) is 8.70. The van der Waals surface area contributed by atoms with Crippen LogP contribution in [-0.2, 0) is 4.79 Å². The average molecular weight is 261 g/mol. The molecule has 0 atom stereocenters. The number of thioether (sulfide) groups is 1. The Bertz CT molecular complexity index is 586. The van der Waals surface area contributed by atoms with Gasteiger partial charge in [0.05, 0.1) is 7.11 Å². The van der Waals surface area contributed by atoms with Crippen LogP contribution in [0.3, 0.4) is 0 Å². The van der Waals surface area contributed by atoms with Crippen molar-refractivity contribution in [3.63, 3.8) is 0 Å². The van der Waals surface area contributed by atoms with Crippen LogP contribution in [0.15, 0.2) is 30.5 Å². The summed E-state index contributed by atoms with van der Waals surface area (Å²) in [6.45, 7) is 1.58. The number of aromatic amines is 1. The molecule has 4 heteroatoms. The van der Waals surface area contributed by atoms with Gasteiger partial charge in [-0.25, -0.2) is 0 Å². The summed E-state index contributed by atoms with van der Waals surface area (Å²) in [6.07, 6.45) is 5.97. The summed E-state index contributed by atoms with van der Waals surface area (Å²) in [7, 11) is 1.66.